The maximum atomic E-state index is 12.2. The Morgan fingerprint density at radius 2 is 2.08 bits per heavy atom. The lowest BCUT2D eigenvalue weighted by Crippen LogP contribution is -2.24. The molecule has 0 radical (unpaired) electrons. The maximum Gasteiger partial charge on any atom is 0.226 e. The smallest absolute Gasteiger partial charge is 0.226 e. The first-order valence-electron chi connectivity index (χ1n) is 8.11. The quantitative estimate of drug-likeness (QED) is 0.547. The zero-order chi connectivity index (χ0) is 17.8. The summed E-state index contributed by atoms with van der Waals surface area (Å²) in [5.41, 5.74) is 3.81. The van der Waals surface area contributed by atoms with Gasteiger partial charge in [0.1, 0.15) is 0 Å². The van der Waals surface area contributed by atoms with E-state index in [9.17, 15) is 4.79 Å². The molecule has 0 aliphatic carbocycles. The van der Waals surface area contributed by atoms with E-state index in [1.807, 2.05) is 47.8 Å². The molecule has 26 heavy (non-hydrogen) atoms. The van der Waals surface area contributed by atoms with Crippen molar-refractivity contribution < 1.29 is 9.21 Å². The van der Waals surface area contributed by atoms with Crippen molar-refractivity contribution in [1.82, 2.24) is 20.5 Å². The number of carbonyl (C=O) groups is 1. The fourth-order valence-electron chi connectivity index (χ4n) is 2.55. The van der Waals surface area contributed by atoms with Crippen molar-refractivity contribution in [3.05, 3.63) is 71.6 Å². The van der Waals surface area contributed by atoms with Gasteiger partial charge in [-0.2, -0.15) is 5.10 Å². The van der Waals surface area contributed by atoms with Crippen LogP contribution in [-0.2, 0) is 17.8 Å². The minimum Gasteiger partial charge on any atom is -0.462 e. The van der Waals surface area contributed by atoms with Gasteiger partial charge in [-0.25, -0.2) is 4.98 Å². The van der Waals surface area contributed by atoms with Gasteiger partial charge in [-0.3, -0.25) is 9.89 Å². The summed E-state index contributed by atoms with van der Waals surface area (Å²) in [6.07, 6.45) is 3.59. The Morgan fingerprint density at radius 1 is 1.19 bits per heavy atom. The van der Waals surface area contributed by atoms with Crippen LogP contribution in [0.25, 0.3) is 22.0 Å². The molecule has 4 rings (SSSR count). The number of furan rings is 1. The van der Waals surface area contributed by atoms with Gasteiger partial charge < -0.3 is 9.73 Å². The van der Waals surface area contributed by atoms with E-state index < -0.39 is 0 Å². The summed E-state index contributed by atoms with van der Waals surface area (Å²) in [6, 6.07) is 13.6. The molecule has 130 valence electrons. The molecule has 2 N–H and O–H groups in total. The van der Waals surface area contributed by atoms with Crippen molar-refractivity contribution in [2.45, 2.75) is 13.0 Å². The van der Waals surface area contributed by atoms with Gasteiger partial charge in [0.25, 0.3) is 0 Å². The predicted octanol–water partition coefficient (Wildman–Crippen LogP) is 3.65. The Hall–Kier alpha value is -3.19. The number of aromatic amines is 1. The second-order valence-electron chi connectivity index (χ2n) is 5.74. The van der Waals surface area contributed by atoms with E-state index in [1.165, 1.54) is 11.3 Å². The van der Waals surface area contributed by atoms with Crippen molar-refractivity contribution in [3.8, 4) is 22.0 Å². The van der Waals surface area contributed by atoms with E-state index in [4.69, 9.17) is 4.42 Å². The lowest BCUT2D eigenvalue weighted by atomic mass is 10.1. The molecule has 0 aliphatic heterocycles. The predicted molar refractivity (Wildman–Crippen MR) is 99.4 cm³/mol. The van der Waals surface area contributed by atoms with Gasteiger partial charge in [0, 0.05) is 18.1 Å². The number of H-pyrrole nitrogens is 1. The number of carbonyl (C=O) groups excluding carboxylic acids is 1. The molecule has 4 aromatic rings. The summed E-state index contributed by atoms with van der Waals surface area (Å²) in [5, 5.41) is 12.5. The zero-order valence-corrected chi connectivity index (χ0v) is 14.6. The molecule has 0 unspecified atom stereocenters. The molecule has 0 aliphatic rings. The molecule has 0 atom stereocenters. The van der Waals surface area contributed by atoms with Gasteiger partial charge in [0.15, 0.2) is 10.8 Å². The summed E-state index contributed by atoms with van der Waals surface area (Å²) < 4.78 is 5.32. The van der Waals surface area contributed by atoms with Gasteiger partial charge in [0.05, 0.1) is 24.1 Å². The van der Waals surface area contributed by atoms with Gasteiger partial charge in [0.2, 0.25) is 5.91 Å². The average Bonchev–Trinajstić information content (AvgIpc) is 3.41. The molecule has 0 fully saturated rings. The molecular weight excluding hydrogens is 348 g/mol. The van der Waals surface area contributed by atoms with Crippen LogP contribution in [0.2, 0.25) is 0 Å². The first-order chi connectivity index (χ1) is 12.8. The number of nitrogens with zero attached hydrogens (tertiary/aromatic N) is 2. The van der Waals surface area contributed by atoms with E-state index in [0.717, 1.165) is 33.3 Å². The minimum atomic E-state index is -0.0565. The highest BCUT2D eigenvalue weighted by Gasteiger charge is 2.10. The number of hydrogen-bond acceptors (Lipinski definition) is 5. The van der Waals surface area contributed by atoms with Crippen molar-refractivity contribution >= 4 is 17.2 Å². The summed E-state index contributed by atoms with van der Waals surface area (Å²) in [6.45, 7) is 0.483. The van der Waals surface area contributed by atoms with Crippen LogP contribution in [0, 0.1) is 0 Å². The highest BCUT2D eigenvalue weighted by atomic mass is 32.1. The number of amides is 1. The zero-order valence-electron chi connectivity index (χ0n) is 13.8. The topological polar surface area (TPSA) is 83.8 Å². The van der Waals surface area contributed by atoms with Crippen LogP contribution in [-0.4, -0.2) is 21.1 Å². The molecule has 3 heterocycles. The Balaban J connectivity index is 1.31. The van der Waals surface area contributed by atoms with E-state index in [1.54, 1.807) is 12.5 Å². The minimum absolute atomic E-state index is 0.0565. The summed E-state index contributed by atoms with van der Waals surface area (Å²) in [7, 11) is 0. The van der Waals surface area contributed by atoms with Crippen LogP contribution in [0.1, 0.15) is 11.3 Å². The lowest BCUT2D eigenvalue weighted by molar-refractivity contribution is -0.120. The summed E-state index contributed by atoms with van der Waals surface area (Å²) >= 11 is 1.47. The average molecular weight is 364 g/mol. The number of nitrogens with one attached hydrogen (secondary N) is 2. The maximum absolute atomic E-state index is 12.2. The van der Waals surface area contributed by atoms with Crippen molar-refractivity contribution in [1.29, 1.82) is 0 Å². The van der Waals surface area contributed by atoms with E-state index in [0.29, 0.717) is 6.54 Å². The normalized spacial score (nSPS) is 10.8. The molecule has 7 heteroatoms. The number of benzene rings is 1. The van der Waals surface area contributed by atoms with Crippen LogP contribution >= 0.6 is 11.3 Å². The lowest BCUT2D eigenvalue weighted by Gasteiger charge is -2.05. The molecular formula is C19H16N4O2S. The Morgan fingerprint density at radius 3 is 2.81 bits per heavy atom. The van der Waals surface area contributed by atoms with Gasteiger partial charge >= 0.3 is 0 Å². The number of hydrogen-bond donors (Lipinski definition) is 2. The first kappa shape index (κ1) is 16.3. The molecule has 0 spiro atoms. The fraction of sp³-hybridized carbons (Fsp3) is 0.105. The third-order valence-electron chi connectivity index (χ3n) is 3.88. The molecule has 0 bridgehead atoms. The first-order valence-corrected chi connectivity index (χ1v) is 8.99. The fourth-order valence-corrected chi connectivity index (χ4v) is 3.33. The third-order valence-corrected chi connectivity index (χ3v) is 4.79. The van der Waals surface area contributed by atoms with Crippen molar-refractivity contribution in [2.75, 3.05) is 0 Å². The third kappa shape index (κ3) is 3.73. The highest BCUT2D eigenvalue weighted by molar-refractivity contribution is 7.13. The van der Waals surface area contributed by atoms with Crippen LogP contribution in [0.15, 0.2) is 64.7 Å². The van der Waals surface area contributed by atoms with Crippen LogP contribution < -0.4 is 5.32 Å². The number of aromatic nitrogens is 3. The van der Waals surface area contributed by atoms with E-state index in [2.05, 4.69) is 20.5 Å². The molecule has 1 amide bonds. The van der Waals surface area contributed by atoms with Crippen LogP contribution in [0.4, 0.5) is 0 Å². The molecule has 6 nitrogen and oxygen atoms in total. The van der Waals surface area contributed by atoms with Gasteiger partial charge in [-0.05, 0) is 29.3 Å². The summed E-state index contributed by atoms with van der Waals surface area (Å²) in [4.78, 5) is 16.6. The van der Waals surface area contributed by atoms with Crippen molar-refractivity contribution in [2.24, 2.45) is 0 Å². The summed E-state index contributed by atoms with van der Waals surface area (Å²) in [5.74, 6) is 0.665. The second-order valence-corrected chi connectivity index (χ2v) is 6.60. The Kier molecular flexibility index (Phi) is 4.61. The molecule has 3 aromatic heterocycles. The Bertz CT molecular complexity index is 973. The largest absolute Gasteiger partial charge is 0.462 e. The van der Waals surface area contributed by atoms with E-state index >= 15 is 0 Å². The molecule has 0 saturated heterocycles. The van der Waals surface area contributed by atoms with E-state index in [-0.39, 0.29) is 12.3 Å². The monoisotopic (exact) mass is 364 g/mol. The van der Waals surface area contributed by atoms with Gasteiger partial charge in [-0.1, -0.05) is 24.3 Å². The second kappa shape index (κ2) is 7.37. The highest BCUT2D eigenvalue weighted by Crippen LogP contribution is 2.24. The molecule has 0 saturated carbocycles. The van der Waals surface area contributed by atoms with Gasteiger partial charge in [-0.15, -0.1) is 11.3 Å². The number of rotatable bonds is 6. The van der Waals surface area contributed by atoms with Crippen LogP contribution in [0.3, 0.4) is 0 Å². The Labute approximate surface area is 153 Å². The SMILES string of the molecule is O=C(Cc1csc(-c2ccco2)n1)NCc1ccc(-c2ccn[nH]2)cc1. The molecule has 1 aromatic carbocycles. The van der Waals surface area contributed by atoms with Crippen LogP contribution in [0.5, 0.6) is 0 Å². The standard InChI is InChI=1S/C19H16N4O2S/c24-18(10-15-12-26-19(22-15)17-2-1-9-25-17)20-11-13-3-5-14(6-4-13)16-7-8-21-23-16/h1-9,12H,10-11H2,(H,20,24)(H,21,23). The van der Waals surface area contributed by atoms with Crippen molar-refractivity contribution in [3.63, 3.8) is 0 Å². The number of thiazole rings is 1.